The molecule has 31 heavy (non-hydrogen) atoms. The number of rotatable bonds is 6. The number of hydrogen-bond acceptors (Lipinski definition) is 5. The molecule has 0 spiro atoms. The first-order valence-electron chi connectivity index (χ1n) is 9.49. The number of aromatic nitrogens is 5. The molecule has 0 aromatic carbocycles. The second kappa shape index (κ2) is 7.88. The van der Waals surface area contributed by atoms with Gasteiger partial charge in [-0.15, -0.1) is 0 Å². The molecule has 4 heterocycles. The number of aliphatic hydroxyl groups is 1. The van der Waals surface area contributed by atoms with Crippen LogP contribution >= 0.6 is 0 Å². The van der Waals surface area contributed by atoms with E-state index in [-0.39, 0.29) is 12.2 Å². The third kappa shape index (κ3) is 4.58. The van der Waals surface area contributed by atoms with Gasteiger partial charge in [0.15, 0.2) is 0 Å². The van der Waals surface area contributed by atoms with Gasteiger partial charge in [0, 0.05) is 35.5 Å². The fourth-order valence-corrected chi connectivity index (χ4v) is 3.00. The van der Waals surface area contributed by atoms with Gasteiger partial charge in [-0.1, -0.05) is 6.07 Å². The van der Waals surface area contributed by atoms with Crippen LogP contribution in [0.3, 0.4) is 0 Å². The van der Waals surface area contributed by atoms with Crippen molar-refractivity contribution in [2.75, 3.05) is 6.54 Å². The molecule has 4 aromatic heterocycles. The smallest absolute Gasteiger partial charge is 0.333 e. The first-order valence-corrected chi connectivity index (χ1v) is 9.49. The Labute approximate surface area is 176 Å². The molecule has 0 aliphatic rings. The summed E-state index contributed by atoms with van der Waals surface area (Å²) in [6, 6.07) is 8.70. The van der Waals surface area contributed by atoms with Crippen molar-refractivity contribution >= 4 is 16.9 Å². The molecule has 0 aliphatic carbocycles. The van der Waals surface area contributed by atoms with E-state index < -0.39 is 18.1 Å². The van der Waals surface area contributed by atoms with Gasteiger partial charge < -0.3 is 15.4 Å². The minimum atomic E-state index is -2.71. The summed E-state index contributed by atoms with van der Waals surface area (Å²) in [4.78, 5) is 24.2. The number of H-pyrrole nitrogens is 1. The maximum atomic E-state index is 12.8. The predicted octanol–water partition coefficient (Wildman–Crippen LogP) is 3.38. The Morgan fingerprint density at radius 3 is 2.77 bits per heavy atom. The highest BCUT2D eigenvalue weighted by molar-refractivity contribution is 5.93. The van der Waals surface area contributed by atoms with E-state index in [4.69, 9.17) is 0 Å². The van der Waals surface area contributed by atoms with E-state index >= 15 is 0 Å². The number of nitrogens with one attached hydrogen (secondary N) is 2. The predicted molar refractivity (Wildman–Crippen MR) is 110 cm³/mol. The van der Waals surface area contributed by atoms with Crippen LogP contribution in [0, 0.1) is 0 Å². The zero-order valence-electron chi connectivity index (χ0n) is 16.8. The molecule has 0 atom stereocenters. The summed E-state index contributed by atoms with van der Waals surface area (Å²) in [6.07, 6.45) is 4.23. The van der Waals surface area contributed by atoms with Gasteiger partial charge in [0.05, 0.1) is 23.2 Å². The van der Waals surface area contributed by atoms with Crippen molar-refractivity contribution in [3.8, 4) is 22.5 Å². The van der Waals surface area contributed by atoms with E-state index in [0.717, 1.165) is 5.39 Å². The Bertz CT molecular complexity index is 1240. The topological polar surface area (TPSA) is 109 Å². The van der Waals surface area contributed by atoms with Gasteiger partial charge in [-0.05, 0) is 38.1 Å². The summed E-state index contributed by atoms with van der Waals surface area (Å²) >= 11 is 0. The van der Waals surface area contributed by atoms with Crippen LogP contribution in [0.25, 0.3) is 33.5 Å². The van der Waals surface area contributed by atoms with Gasteiger partial charge in [-0.3, -0.25) is 4.79 Å². The van der Waals surface area contributed by atoms with Crippen molar-refractivity contribution < 1.29 is 18.7 Å². The van der Waals surface area contributed by atoms with E-state index in [0.29, 0.717) is 32.8 Å². The normalized spacial score (nSPS) is 11.9. The molecule has 4 rings (SSSR count). The van der Waals surface area contributed by atoms with E-state index in [9.17, 15) is 18.7 Å². The van der Waals surface area contributed by atoms with Crippen LogP contribution < -0.4 is 5.32 Å². The van der Waals surface area contributed by atoms with Crippen LogP contribution in [0.15, 0.2) is 48.9 Å². The molecule has 3 N–H and O–H groups in total. The highest BCUT2D eigenvalue weighted by atomic mass is 19.3. The number of pyridine rings is 2. The summed E-state index contributed by atoms with van der Waals surface area (Å²) in [7, 11) is 0. The Balaban J connectivity index is 1.60. The number of halogens is 2. The summed E-state index contributed by atoms with van der Waals surface area (Å²) in [6.45, 7) is 0.588. The van der Waals surface area contributed by atoms with Crippen molar-refractivity contribution in [3.05, 3.63) is 54.6 Å². The van der Waals surface area contributed by atoms with Gasteiger partial charge >= 0.3 is 6.55 Å². The van der Waals surface area contributed by atoms with Crippen molar-refractivity contribution in [1.82, 2.24) is 30.0 Å². The maximum absolute atomic E-state index is 12.8. The highest BCUT2D eigenvalue weighted by Gasteiger charge is 2.16. The van der Waals surface area contributed by atoms with Crippen LogP contribution in [0.1, 0.15) is 30.9 Å². The lowest BCUT2D eigenvalue weighted by Gasteiger charge is -2.17. The molecule has 0 saturated carbocycles. The first-order chi connectivity index (χ1) is 14.7. The molecule has 1 amide bonds. The number of hydrogen-bond donors (Lipinski definition) is 3. The van der Waals surface area contributed by atoms with Gasteiger partial charge in [-0.2, -0.15) is 13.9 Å². The van der Waals surface area contributed by atoms with Crippen molar-refractivity contribution in [2.24, 2.45) is 0 Å². The fraction of sp³-hybridized carbons (Fsp3) is 0.238. The minimum absolute atomic E-state index is 0.0968. The minimum Gasteiger partial charge on any atom is -0.389 e. The Morgan fingerprint density at radius 1 is 1.26 bits per heavy atom. The molecule has 0 radical (unpaired) electrons. The molecular formula is C21H20F2N6O2. The molecule has 4 aromatic rings. The maximum Gasteiger partial charge on any atom is 0.333 e. The highest BCUT2D eigenvalue weighted by Crippen LogP contribution is 2.27. The second-order valence-electron chi connectivity index (χ2n) is 7.73. The molecule has 0 aliphatic heterocycles. The van der Waals surface area contributed by atoms with Gasteiger partial charge in [-0.25, -0.2) is 14.6 Å². The van der Waals surface area contributed by atoms with Crippen molar-refractivity contribution in [2.45, 2.75) is 26.0 Å². The van der Waals surface area contributed by atoms with E-state index in [1.54, 1.807) is 44.3 Å². The SMILES string of the molecule is CC(C)(O)CNC(=O)c1cccc(-c2cnc3[nH]c(-c4cnn(C(F)F)c4)cc3c2)n1. The molecular weight excluding hydrogens is 406 g/mol. The summed E-state index contributed by atoms with van der Waals surface area (Å²) < 4.78 is 26.1. The Hall–Kier alpha value is -3.66. The Morgan fingerprint density at radius 2 is 2.06 bits per heavy atom. The zero-order chi connectivity index (χ0) is 22.2. The molecule has 8 nitrogen and oxygen atoms in total. The summed E-state index contributed by atoms with van der Waals surface area (Å²) in [5.74, 6) is -0.391. The number of aromatic amines is 1. The number of fused-ring (bicyclic) bond motifs is 1. The lowest BCUT2D eigenvalue weighted by atomic mass is 10.1. The van der Waals surface area contributed by atoms with Gasteiger partial charge in [0.2, 0.25) is 0 Å². The van der Waals surface area contributed by atoms with E-state index in [1.165, 1.54) is 12.4 Å². The van der Waals surface area contributed by atoms with Gasteiger partial charge in [0.25, 0.3) is 5.91 Å². The first kappa shape index (κ1) is 20.6. The quantitative estimate of drug-likeness (QED) is 0.438. The fourth-order valence-electron chi connectivity index (χ4n) is 3.00. The van der Waals surface area contributed by atoms with Crippen molar-refractivity contribution in [1.29, 1.82) is 0 Å². The lowest BCUT2D eigenvalue weighted by Crippen LogP contribution is -2.38. The largest absolute Gasteiger partial charge is 0.389 e. The third-order valence-corrected chi connectivity index (χ3v) is 4.54. The average Bonchev–Trinajstić information content (AvgIpc) is 3.38. The molecule has 160 valence electrons. The number of alkyl halides is 2. The van der Waals surface area contributed by atoms with E-state index in [1.807, 2.05) is 6.07 Å². The van der Waals surface area contributed by atoms with E-state index in [2.05, 4.69) is 25.4 Å². The van der Waals surface area contributed by atoms with Crippen LogP contribution in [0.4, 0.5) is 8.78 Å². The molecule has 0 fully saturated rings. The monoisotopic (exact) mass is 426 g/mol. The van der Waals surface area contributed by atoms with Crippen LogP contribution in [-0.4, -0.2) is 47.9 Å². The zero-order valence-corrected chi connectivity index (χ0v) is 16.8. The summed E-state index contributed by atoms with van der Waals surface area (Å²) in [5.41, 5.74) is 2.15. The van der Waals surface area contributed by atoms with Crippen LogP contribution in [0.5, 0.6) is 0 Å². The summed E-state index contributed by atoms with van der Waals surface area (Å²) in [5, 5.41) is 16.8. The molecule has 10 heteroatoms. The van der Waals surface area contributed by atoms with Crippen LogP contribution in [0.2, 0.25) is 0 Å². The average molecular weight is 426 g/mol. The van der Waals surface area contributed by atoms with Gasteiger partial charge in [0.1, 0.15) is 11.3 Å². The third-order valence-electron chi connectivity index (χ3n) is 4.54. The molecule has 0 bridgehead atoms. The second-order valence-corrected chi connectivity index (χ2v) is 7.73. The number of carbonyl (C=O) groups is 1. The lowest BCUT2D eigenvalue weighted by molar-refractivity contribution is 0.0566. The van der Waals surface area contributed by atoms with Crippen LogP contribution in [-0.2, 0) is 0 Å². The molecule has 0 saturated heterocycles. The number of carbonyl (C=O) groups excluding carboxylic acids is 1. The standard InChI is InChI=1S/C21H20F2N6O2/c1-21(2,31)11-25-19(30)16-5-3-4-15(27-16)13-6-12-7-17(28-18(12)24-8-13)14-9-26-29(10-14)20(22)23/h3-10,20,31H,11H2,1-2H3,(H,24,28)(H,25,30). The number of amides is 1. The van der Waals surface area contributed by atoms with Crippen molar-refractivity contribution in [3.63, 3.8) is 0 Å². The molecule has 0 unspecified atom stereocenters. The number of nitrogens with zero attached hydrogens (tertiary/aromatic N) is 4. The Kier molecular flexibility index (Phi) is 5.24.